The normalized spacial score (nSPS) is 21.5. The third-order valence-electron chi connectivity index (χ3n) is 3.13. The quantitative estimate of drug-likeness (QED) is 0.856. The van der Waals surface area contributed by atoms with Gasteiger partial charge in [0.15, 0.2) is 5.13 Å². The Bertz CT molecular complexity index is 324. The molecule has 1 unspecified atom stereocenters. The highest BCUT2D eigenvalue weighted by Gasteiger charge is 2.20. The van der Waals surface area contributed by atoms with E-state index in [2.05, 4.69) is 29.0 Å². The van der Waals surface area contributed by atoms with Gasteiger partial charge in [-0.2, -0.15) is 0 Å². The Kier molecular flexibility index (Phi) is 4.18. The fraction of sp³-hybridized carbons (Fsp3) is 0.750. The van der Waals surface area contributed by atoms with Gasteiger partial charge in [0, 0.05) is 30.2 Å². The van der Waals surface area contributed by atoms with Crippen molar-refractivity contribution in [2.24, 2.45) is 0 Å². The number of likely N-dealkylation sites (tertiary alicyclic amines) is 1. The third kappa shape index (κ3) is 2.95. The van der Waals surface area contributed by atoms with Crippen LogP contribution in [-0.4, -0.2) is 29.0 Å². The molecule has 1 N–H and O–H groups in total. The van der Waals surface area contributed by atoms with E-state index in [4.69, 9.17) is 0 Å². The zero-order chi connectivity index (χ0) is 11.4. The molecule has 0 spiro atoms. The fourth-order valence-electron chi connectivity index (χ4n) is 2.12. The summed E-state index contributed by atoms with van der Waals surface area (Å²) in [5.74, 6) is 0. The number of rotatable bonds is 5. The molecule has 90 valence electrons. The van der Waals surface area contributed by atoms with Crippen LogP contribution < -0.4 is 5.32 Å². The molecule has 4 heteroatoms. The summed E-state index contributed by atoms with van der Waals surface area (Å²) in [5.41, 5.74) is 0. The molecule has 1 fully saturated rings. The minimum Gasteiger partial charge on any atom is -0.362 e. The van der Waals surface area contributed by atoms with E-state index in [1.165, 1.54) is 24.3 Å². The van der Waals surface area contributed by atoms with Crippen LogP contribution in [0.1, 0.15) is 38.0 Å². The molecule has 1 aliphatic rings. The Hall–Kier alpha value is -0.610. The summed E-state index contributed by atoms with van der Waals surface area (Å²) < 4.78 is 0. The molecule has 2 heterocycles. The molecule has 0 bridgehead atoms. The first-order valence-corrected chi connectivity index (χ1v) is 7.04. The van der Waals surface area contributed by atoms with E-state index in [0.717, 1.165) is 30.7 Å². The molecule has 3 nitrogen and oxygen atoms in total. The first kappa shape index (κ1) is 11.9. The fourth-order valence-corrected chi connectivity index (χ4v) is 2.99. The number of nitrogens with one attached hydrogen (secondary N) is 1. The molecule has 16 heavy (non-hydrogen) atoms. The number of anilines is 1. The molecule has 2 rings (SSSR count). The zero-order valence-electron chi connectivity index (χ0n) is 10.2. The number of aromatic nitrogens is 1. The third-order valence-corrected chi connectivity index (χ3v) is 4.07. The van der Waals surface area contributed by atoms with Gasteiger partial charge in [-0.15, -0.1) is 11.3 Å². The van der Waals surface area contributed by atoms with Crippen LogP contribution in [0.2, 0.25) is 0 Å². The first-order chi connectivity index (χ1) is 7.79. The van der Waals surface area contributed by atoms with E-state index in [1.54, 1.807) is 11.3 Å². The van der Waals surface area contributed by atoms with Gasteiger partial charge < -0.3 is 5.32 Å². The average molecular weight is 239 g/mol. The summed E-state index contributed by atoms with van der Waals surface area (Å²) in [6.45, 7) is 7.84. The van der Waals surface area contributed by atoms with Gasteiger partial charge in [0.1, 0.15) is 0 Å². The molecule has 0 aliphatic carbocycles. The largest absolute Gasteiger partial charge is 0.362 e. The predicted molar refractivity (Wildman–Crippen MR) is 70.0 cm³/mol. The van der Waals surface area contributed by atoms with E-state index < -0.39 is 0 Å². The van der Waals surface area contributed by atoms with Crippen molar-refractivity contribution in [3.8, 4) is 0 Å². The molecule has 1 aromatic heterocycles. The van der Waals surface area contributed by atoms with Crippen LogP contribution in [0.4, 0.5) is 5.13 Å². The van der Waals surface area contributed by atoms with Crippen LogP contribution in [0.5, 0.6) is 0 Å². The Morgan fingerprint density at radius 1 is 1.62 bits per heavy atom. The Morgan fingerprint density at radius 2 is 2.50 bits per heavy atom. The molecular formula is C12H21N3S. The second kappa shape index (κ2) is 5.64. The molecule has 0 radical (unpaired) electrons. The maximum absolute atomic E-state index is 4.40. The standard InChI is InChI=1S/C12H21N3S/c1-3-6-13-12-14-8-11(16-12)9-15-7-4-5-10(15)2/h8,10H,3-7,9H2,1-2H3,(H,13,14). The SMILES string of the molecule is CCCNc1ncc(CN2CCCC2C)s1. The highest BCUT2D eigenvalue weighted by Crippen LogP contribution is 2.24. The number of hydrogen-bond acceptors (Lipinski definition) is 4. The van der Waals surface area contributed by atoms with Gasteiger partial charge >= 0.3 is 0 Å². The highest BCUT2D eigenvalue weighted by molar-refractivity contribution is 7.15. The van der Waals surface area contributed by atoms with Gasteiger partial charge in [-0.05, 0) is 32.7 Å². The minimum atomic E-state index is 0.745. The Morgan fingerprint density at radius 3 is 3.19 bits per heavy atom. The van der Waals surface area contributed by atoms with Crippen molar-refractivity contribution in [3.63, 3.8) is 0 Å². The molecule has 1 aliphatic heterocycles. The van der Waals surface area contributed by atoms with E-state index in [0.29, 0.717) is 0 Å². The summed E-state index contributed by atoms with van der Waals surface area (Å²) in [7, 11) is 0. The van der Waals surface area contributed by atoms with E-state index >= 15 is 0 Å². The average Bonchev–Trinajstić information content (AvgIpc) is 2.87. The second-order valence-corrected chi connectivity index (χ2v) is 5.64. The van der Waals surface area contributed by atoms with Gasteiger partial charge in [-0.3, -0.25) is 4.90 Å². The van der Waals surface area contributed by atoms with Crippen LogP contribution in [0.15, 0.2) is 6.20 Å². The summed E-state index contributed by atoms with van der Waals surface area (Å²) in [6.07, 6.45) is 5.87. The summed E-state index contributed by atoms with van der Waals surface area (Å²) >= 11 is 1.80. The van der Waals surface area contributed by atoms with E-state index in [-0.39, 0.29) is 0 Å². The van der Waals surface area contributed by atoms with Gasteiger partial charge in [0.2, 0.25) is 0 Å². The molecule has 0 aromatic carbocycles. The van der Waals surface area contributed by atoms with Crippen LogP contribution >= 0.6 is 11.3 Å². The molecule has 0 saturated carbocycles. The van der Waals surface area contributed by atoms with E-state index in [1.807, 2.05) is 6.20 Å². The van der Waals surface area contributed by atoms with E-state index in [9.17, 15) is 0 Å². The van der Waals surface area contributed by atoms with Crippen LogP contribution in [0, 0.1) is 0 Å². The molecule has 1 saturated heterocycles. The van der Waals surface area contributed by atoms with Crippen LogP contribution in [-0.2, 0) is 6.54 Å². The van der Waals surface area contributed by atoms with Crippen molar-refractivity contribution < 1.29 is 0 Å². The maximum atomic E-state index is 4.40. The van der Waals surface area contributed by atoms with Gasteiger partial charge in [-0.25, -0.2) is 4.98 Å². The van der Waals surface area contributed by atoms with Crippen LogP contribution in [0.25, 0.3) is 0 Å². The van der Waals surface area contributed by atoms with Gasteiger partial charge in [-0.1, -0.05) is 6.92 Å². The smallest absolute Gasteiger partial charge is 0.182 e. The lowest BCUT2D eigenvalue weighted by atomic mass is 10.2. The highest BCUT2D eigenvalue weighted by atomic mass is 32.1. The number of nitrogens with zero attached hydrogens (tertiary/aromatic N) is 2. The minimum absolute atomic E-state index is 0.745. The van der Waals surface area contributed by atoms with Crippen molar-refractivity contribution in [3.05, 3.63) is 11.1 Å². The lowest BCUT2D eigenvalue weighted by Gasteiger charge is -2.19. The number of thiazole rings is 1. The molecule has 1 aromatic rings. The van der Waals surface area contributed by atoms with Crippen molar-refractivity contribution in [2.75, 3.05) is 18.4 Å². The Balaban J connectivity index is 1.87. The van der Waals surface area contributed by atoms with Gasteiger partial charge in [0.25, 0.3) is 0 Å². The lowest BCUT2D eigenvalue weighted by Crippen LogP contribution is -2.25. The lowest BCUT2D eigenvalue weighted by molar-refractivity contribution is 0.262. The number of hydrogen-bond donors (Lipinski definition) is 1. The summed E-state index contributed by atoms with van der Waals surface area (Å²) in [6, 6.07) is 0.745. The first-order valence-electron chi connectivity index (χ1n) is 6.22. The van der Waals surface area contributed by atoms with Crippen molar-refractivity contribution >= 4 is 16.5 Å². The monoisotopic (exact) mass is 239 g/mol. The maximum Gasteiger partial charge on any atom is 0.182 e. The van der Waals surface area contributed by atoms with Crippen molar-refractivity contribution in [1.29, 1.82) is 0 Å². The molecule has 1 atom stereocenters. The molecule has 0 amide bonds. The van der Waals surface area contributed by atoms with Gasteiger partial charge in [0.05, 0.1) is 0 Å². The van der Waals surface area contributed by atoms with Crippen LogP contribution in [0.3, 0.4) is 0 Å². The zero-order valence-corrected chi connectivity index (χ0v) is 11.0. The van der Waals surface area contributed by atoms with Crippen molar-refractivity contribution in [1.82, 2.24) is 9.88 Å². The topological polar surface area (TPSA) is 28.2 Å². The Labute approximate surface area is 102 Å². The second-order valence-electron chi connectivity index (χ2n) is 4.52. The molecular weight excluding hydrogens is 218 g/mol. The van der Waals surface area contributed by atoms with Crippen molar-refractivity contribution in [2.45, 2.75) is 45.7 Å². The predicted octanol–water partition coefficient (Wildman–Crippen LogP) is 2.95. The summed E-state index contributed by atoms with van der Waals surface area (Å²) in [5, 5.41) is 4.41. The summed E-state index contributed by atoms with van der Waals surface area (Å²) in [4.78, 5) is 8.34.